The number of aryl methyl sites for hydroxylation is 2. The molecule has 3 rings (SSSR count). The zero-order valence-corrected chi connectivity index (χ0v) is 12.1. The van der Waals surface area contributed by atoms with E-state index in [1.165, 1.54) is 0 Å². The average Bonchev–Trinajstić information content (AvgIpc) is 2.66. The Labute approximate surface area is 124 Å². The van der Waals surface area contributed by atoms with Crippen LogP contribution < -0.4 is 5.32 Å². The zero-order chi connectivity index (χ0) is 13.1. The van der Waals surface area contributed by atoms with Crippen molar-refractivity contribution in [1.29, 1.82) is 0 Å². The average molecular weight is 295 g/mol. The molecular weight excluding hydrogens is 276 g/mol. The van der Waals surface area contributed by atoms with Gasteiger partial charge >= 0.3 is 0 Å². The first kappa shape index (κ1) is 14.8. The summed E-state index contributed by atoms with van der Waals surface area (Å²) in [4.78, 5) is 0. The van der Waals surface area contributed by atoms with Crippen LogP contribution in [0.15, 0.2) is 24.3 Å². The van der Waals surface area contributed by atoms with Crippen LogP contribution in [0.4, 0.5) is 0 Å². The van der Waals surface area contributed by atoms with E-state index in [4.69, 9.17) is 0 Å². The number of phenolic OH excluding ortho intramolecular Hbond substituents is 1. The molecule has 6 heteroatoms. The molecule has 2 aromatic rings. The van der Waals surface area contributed by atoms with Crippen LogP contribution >= 0.6 is 12.4 Å². The molecule has 2 heterocycles. The summed E-state index contributed by atoms with van der Waals surface area (Å²) >= 11 is 0. The SMILES string of the molecule is Cl.Oc1ccccc1CCc1nnc2n1CCNCC2. The molecule has 0 bridgehead atoms. The highest BCUT2D eigenvalue weighted by Gasteiger charge is 2.14. The fourth-order valence-corrected chi connectivity index (χ4v) is 2.49. The molecule has 20 heavy (non-hydrogen) atoms. The number of rotatable bonds is 3. The summed E-state index contributed by atoms with van der Waals surface area (Å²) in [6, 6.07) is 7.47. The standard InChI is InChI=1S/C14H18N4O.ClH/c19-12-4-2-1-3-11(12)5-6-13-16-17-14-7-8-15-9-10-18(13)14;/h1-4,15,19H,5-10H2;1H. The van der Waals surface area contributed by atoms with Gasteiger partial charge in [-0.05, 0) is 18.1 Å². The number of phenols is 1. The molecule has 1 aliphatic rings. The van der Waals surface area contributed by atoms with E-state index in [1.807, 2.05) is 18.2 Å². The highest BCUT2D eigenvalue weighted by molar-refractivity contribution is 5.85. The third kappa shape index (κ3) is 3.11. The Morgan fingerprint density at radius 1 is 1.15 bits per heavy atom. The van der Waals surface area contributed by atoms with Gasteiger partial charge in [0.2, 0.25) is 0 Å². The van der Waals surface area contributed by atoms with Gasteiger partial charge in [0, 0.05) is 32.5 Å². The molecule has 1 aromatic carbocycles. The number of benzene rings is 1. The number of hydrogen-bond donors (Lipinski definition) is 2. The molecule has 5 nitrogen and oxygen atoms in total. The third-order valence-corrected chi connectivity index (χ3v) is 3.55. The number of hydrogen-bond acceptors (Lipinski definition) is 4. The van der Waals surface area contributed by atoms with Gasteiger partial charge in [-0.2, -0.15) is 0 Å². The number of nitrogens with one attached hydrogen (secondary N) is 1. The molecule has 1 aromatic heterocycles. The van der Waals surface area contributed by atoms with Crippen LogP contribution in [-0.4, -0.2) is 33.0 Å². The normalized spacial score (nSPS) is 14.2. The summed E-state index contributed by atoms with van der Waals surface area (Å²) in [5.74, 6) is 2.44. The first-order valence-corrected chi connectivity index (χ1v) is 6.73. The van der Waals surface area contributed by atoms with Crippen molar-refractivity contribution >= 4 is 12.4 Å². The number of aromatic hydroxyl groups is 1. The minimum atomic E-state index is 0. The van der Waals surface area contributed by atoms with Crippen LogP contribution in [0.25, 0.3) is 0 Å². The molecule has 2 N–H and O–H groups in total. The lowest BCUT2D eigenvalue weighted by atomic mass is 10.1. The van der Waals surface area contributed by atoms with Gasteiger partial charge in [0.1, 0.15) is 17.4 Å². The van der Waals surface area contributed by atoms with E-state index >= 15 is 0 Å². The van der Waals surface area contributed by atoms with Crippen LogP contribution in [0.5, 0.6) is 5.75 Å². The van der Waals surface area contributed by atoms with E-state index in [0.717, 1.165) is 56.1 Å². The first-order chi connectivity index (χ1) is 9.34. The Hall–Kier alpha value is -1.59. The molecule has 0 unspecified atom stereocenters. The number of aromatic nitrogens is 3. The number of fused-ring (bicyclic) bond motifs is 1. The Kier molecular flexibility index (Phi) is 4.98. The quantitative estimate of drug-likeness (QED) is 0.897. The summed E-state index contributed by atoms with van der Waals surface area (Å²) in [6.07, 6.45) is 2.53. The molecule has 0 saturated carbocycles. The Balaban J connectivity index is 0.00000147. The van der Waals surface area contributed by atoms with Gasteiger partial charge in [0.25, 0.3) is 0 Å². The summed E-state index contributed by atoms with van der Waals surface area (Å²) in [7, 11) is 0. The van der Waals surface area contributed by atoms with Crippen molar-refractivity contribution in [2.75, 3.05) is 13.1 Å². The topological polar surface area (TPSA) is 63.0 Å². The molecule has 0 atom stereocenters. The number of para-hydroxylation sites is 1. The van der Waals surface area contributed by atoms with Gasteiger partial charge in [-0.3, -0.25) is 0 Å². The monoisotopic (exact) mass is 294 g/mol. The lowest BCUT2D eigenvalue weighted by molar-refractivity contribution is 0.467. The van der Waals surface area contributed by atoms with Crippen molar-refractivity contribution in [3.8, 4) is 5.75 Å². The maximum absolute atomic E-state index is 9.77. The first-order valence-electron chi connectivity index (χ1n) is 6.73. The van der Waals surface area contributed by atoms with Crippen molar-refractivity contribution in [3.05, 3.63) is 41.5 Å². The second kappa shape index (κ2) is 6.72. The van der Waals surface area contributed by atoms with Crippen LogP contribution in [0.1, 0.15) is 17.2 Å². The van der Waals surface area contributed by atoms with Gasteiger partial charge in [-0.25, -0.2) is 0 Å². The fraction of sp³-hybridized carbons (Fsp3) is 0.429. The van der Waals surface area contributed by atoms with Crippen molar-refractivity contribution in [3.63, 3.8) is 0 Å². The molecule has 0 radical (unpaired) electrons. The highest BCUT2D eigenvalue weighted by Crippen LogP contribution is 2.18. The lowest BCUT2D eigenvalue weighted by Crippen LogP contribution is -2.18. The maximum atomic E-state index is 9.77. The molecule has 108 valence electrons. The van der Waals surface area contributed by atoms with Crippen LogP contribution in [0, 0.1) is 0 Å². The molecule has 0 amide bonds. The molecule has 0 spiro atoms. The maximum Gasteiger partial charge on any atom is 0.134 e. The van der Waals surface area contributed by atoms with E-state index in [0.29, 0.717) is 5.75 Å². The van der Waals surface area contributed by atoms with Crippen LogP contribution in [-0.2, 0) is 25.8 Å². The second-order valence-corrected chi connectivity index (χ2v) is 4.81. The van der Waals surface area contributed by atoms with Crippen molar-refractivity contribution < 1.29 is 5.11 Å². The van der Waals surface area contributed by atoms with E-state index in [-0.39, 0.29) is 12.4 Å². The summed E-state index contributed by atoms with van der Waals surface area (Å²) in [5.41, 5.74) is 0.964. The number of nitrogens with zero attached hydrogens (tertiary/aromatic N) is 3. The summed E-state index contributed by atoms with van der Waals surface area (Å²) in [5, 5.41) is 21.7. The van der Waals surface area contributed by atoms with Crippen LogP contribution in [0.2, 0.25) is 0 Å². The highest BCUT2D eigenvalue weighted by atomic mass is 35.5. The lowest BCUT2D eigenvalue weighted by Gasteiger charge is -2.07. The predicted molar refractivity (Wildman–Crippen MR) is 79.4 cm³/mol. The summed E-state index contributed by atoms with van der Waals surface area (Å²) in [6.45, 7) is 2.87. The fourth-order valence-electron chi connectivity index (χ4n) is 2.49. The van der Waals surface area contributed by atoms with Crippen molar-refractivity contribution in [1.82, 2.24) is 20.1 Å². The van der Waals surface area contributed by atoms with Crippen LogP contribution in [0.3, 0.4) is 0 Å². The minimum Gasteiger partial charge on any atom is -0.508 e. The molecule has 0 saturated heterocycles. The minimum absolute atomic E-state index is 0. The Morgan fingerprint density at radius 3 is 2.85 bits per heavy atom. The van der Waals surface area contributed by atoms with E-state index in [1.54, 1.807) is 6.07 Å². The van der Waals surface area contributed by atoms with E-state index in [2.05, 4.69) is 20.1 Å². The number of halogens is 1. The van der Waals surface area contributed by atoms with Gasteiger partial charge in [-0.15, -0.1) is 22.6 Å². The van der Waals surface area contributed by atoms with E-state index < -0.39 is 0 Å². The largest absolute Gasteiger partial charge is 0.508 e. The smallest absolute Gasteiger partial charge is 0.134 e. The Bertz CT molecular complexity index is 570. The molecule has 1 aliphatic heterocycles. The second-order valence-electron chi connectivity index (χ2n) is 4.81. The van der Waals surface area contributed by atoms with Crippen molar-refractivity contribution in [2.24, 2.45) is 0 Å². The third-order valence-electron chi connectivity index (χ3n) is 3.55. The van der Waals surface area contributed by atoms with Crippen molar-refractivity contribution in [2.45, 2.75) is 25.8 Å². The van der Waals surface area contributed by atoms with Gasteiger partial charge in [0.15, 0.2) is 0 Å². The molecular formula is C14H19ClN4O. The summed E-state index contributed by atoms with van der Waals surface area (Å²) < 4.78 is 2.21. The molecule has 0 aliphatic carbocycles. The molecule has 0 fully saturated rings. The van der Waals surface area contributed by atoms with E-state index in [9.17, 15) is 5.11 Å². The van der Waals surface area contributed by atoms with Gasteiger partial charge in [-0.1, -0.05) is 18.2 Å². The Morgan fingerprint density at radius 2 is 2.00 bits per heavy atom. The van der Waals surface area contributed by atoms with Gasteiger partial charge < -0.3 is 15.0 Å². The zero-order valence-electron chi connectivity index (χ0n) is 11.2. The predicted octanol–water partition coefficient (Wildman–Crippen LogP) is 1.34. The van der Waals surface area contributed by atoms with Gasteiger partial charge in [0.05, 0.1) is 0 Å².